The number of halogens is 1. The highest BCUT2D eigenvalue weighted by atomic mass is 79.9. The van der Waals surface area contributed by atoms with Crippen LogP contribution in [0.5, 0.6) is 0 Å². The summed E-state index contributed by atoms with van der Waals surface area (Å²) in [6.07, 6.45) is 1.28. The van der Waals surface area contributed by atoms with Gasteiger partial charge >= 0.3 is 0 Å². The van der Waals surface area contributed by atoms with Gasteiger partial charge in [0.1, 0.15) is 0 Å². The molecule has 0 saturated carbocycles. The summed E-state index contributed by atoms with van der Waals surface area (Å²) in [5.41, 5.74) is 2.97. The quantitative estimate of drug-likeness (QED) is 0.902. The first kappa shape index (κ1) is 11.7. The topological polar surface area (TPSA) is 15.3 Å². The second-order valence-corrected chi connectivity index (χ2v) is 6.24. The molecular formula is C14H19BrN2. The first-order valence-electron chi connectivity index (χ1n) is 6.42. The van der Waals surface area contributed by atoms with Gasteiger partial charge in [0, 0.05) is 30.0 Å². The van der Waals surface area contributed by atoms with Crippen LogP contribution in [0.25, 0.3) is 0 Å². The molecule has 3 rings (SSSR count). The van der Waals surface area contributed by atoms with E-state index in [0.29, 0.717) is 5.92 Å². The van der Waals surface area contributed by atoms with Crippen LogP contribution < -0.4 is 5.32 Å². The standard InChI is InChI=1S/C14H19BrN2/c1-17-8-12(9-17)13-3-2-10(6-14(13)15)11-4-5-16-7-11/h2-3,6,11-12,16H,4-5,7-9H2,1H3. The molecule has 17 heavy (non-hydrogen) atoms. The highest BCUT2D eigenvalue weighted by molar-refractivity contribution is 9.10. The van der Waals surface area contributed by atoms with E-state index >= 15 is 0 Å². The summed E-state index contributed by atoms with van der Waals surface area (Å²) in [6, 6.07) is 7.00. The van der Waals surface area contributed by atoms with Crippen molar-refractivity contribution in [3.63, 3.8) is 0 Å². The first-order valence-corrected chi connectivity index (χ1v) is 7.22. The summed E-state index contributed by atoms with van der Waals surface area (Å²) in [6.45, 7) is 4.70. The molecule has 1 atom stereocenters. The van der Waals surface area contributed by atoms with Gasteiger partial charge in [-0.3, -0.25) is 0 Å². The smallest absolute Gasteiger partial charge is 0.0213 e. The Bertz CT molecular complexity index is 407. The van der Waals surface area contributed by atoms with E-state index in [9.17, 15) is 0 Å². The van der Waals surface area contributed by atoms with Gasteiger partial charge in [-0.15, -0.1) is 0 Å². The third-order valence-electron chi connectivity index (χ3n) is 4.06. The number of hydrogen-bond donors (Lipinski definition) is 1. The highest BCUT2D eigenvalue weighted by Crippen LogP contribution is 2.34. The number of likely N-dealkylation sites (tertiary alicyclic amines) is 1. The molecule has 1 aromatic carbocycles. The maximum absolute atomic E-state index is 3.75. The molecule has 0 aliphatic carbocycles. The second kappa shape index (κ2) is 4.71. The van der Waals surface area contributed by atoms with E-state index in [0.717, 1.165) is 19.0 Å². The zero-order valence-corrected chi connectivity index (χ0v) is 11.8. The molecule has 1 aromatic rings. The maximum Gasteiger partial charge on any atom is 0.0213 e. The number of likely N-dealkylation sites (N-methyl/N-ethyl adjacent to an activating group) is 1. The number of nitrogens with zero attached hydrogens (tertiary/aromatic N) is 1. The van der Waals surface area contributed by atoms with Gasteiger partial charge in [-0.2, -0.15) is 0 Å². The Morgan fingerprint density at radius 1 is 1.29 bits per heavy atom. The van der Waals surface area contributed by atoms with Gasteiger partial charge in [-0.25, -0.2) is 0 Å². The first-order chi connectivity index (χ1) is 8.24. The fourth-order valence-corrected chi connectivity index (χ4v) is 3.68. The summed E-state index contributed by atoms with van der Waals surface area (Å²) in [7, 11) is 2.18. The SMILES string of the molecule is CN1CC(c2ccc(C3CCNC3)cc2Br)C1. The average Bonchev–Trinajstić information content (AvgIpc) is 2.78. The van der Waals surface area contributed by atoms with E-state index in [-0.39, 0.29) is 0 Å². The Labute approximate surface area is 112 Å². The van der Waals surface area contributed by atoms with Gasteiger partial charge in [-0.1, -0.05) is 28.1 Å². The normalized spacial score (nSPS) is 26.1. The van der Waals surface area contributed by atoms with Crippen molar-refractivity contribution >= 4 is 15.9 Å². The summed E-state index contributed by atoms with van der Waals surface area (Å²) < 4.78 is 1.31. The monoisotopic (exact) mass is 294 g/mol. The molecule has 92 valence electrons. The van der Waals surface area contributed by atoms with Gasteiger partial charge < -0.3 is 10.2 Å². The van der Waals surface area contributed by atoms with E-state index in [1.54, 1.807) is 0 Å². The molecule has 2 nitrogen and oxygen atoms in total. The second-order valence-electron chi connectivity index (χ2n) is 5.39. The van der Waals surface area contributed by atoms with Crippen LogP contribution >= 0.6 is 15.9 Å². The van der Waals surface area contributed by atoms with Crippen LogP contribution in [0.1, 0.15) is 29.4 Å². The van der Waals surface area contributed by atoms with Crippen molar-refractivity contribution < 1.29 is 0 Å². The van der Waals surface area contributed by atoms with E-state index in [4.69, 9.17) is 0 Å². The third-order valence-corrected chi connectivity index (χ3v) is 4.75. The molecular weight excluding hydrogens is 276 g/mol. The lowest BCUT2D eigenvalue weighted by Crippen LogP contribution is -2.41. The molecule has 0 radical (unpaired) electrons. The zero-order valence-electron chi connectivity index (χ0n) is 10.2. The van der Waals surface area contributed by atoms with Crippen LogP contribution in [0.2, 0.25) is 0 Å². The third kappa shape index (κ3) is 2.28. The van der Waals surface area contributed by atoms with Crippen molar-refractivity contribution in [3.05, 3.63) is 33.8 Å². The molecule has 3 heteroatoms. The fourth-order valence-electron chi connectivity index (χ4n) is 2.96. The fraction of sp³-hybridized carbons (Fsp3) is 0.571. The molecule has 0 spiro atoms. The van der Waals surface area contributed by atoms with Crippen LogP contribution in [0.4, 0.5) is 0 Å². The number of nitrogens with one attached hydrogen (secondary N) is 1. The van der Waals surface area contributed by atoms with Gasteiger partial charge in [0.2, 0.25) is 0 Å². The van der Waals surface area contributed by atoms with Crippen molar-refractivity contribution in [2.75, 3.05) is 33.2 Å². The Morgan fingerprint density at radius 3 is 2.71 bits per heavy atom. The molecule has 0 aromatic heterocycles. The van der Waals surface area contributed by atoms with Gasteiger partial charge in [0.25, 0.3) is 0 Å². The van der Waals surface area contributed by atoms with E-state index in [1.165, 1.54) is 35.1 Å². The number of hydrogen-bond acceptors (Lipinski definition) is 2. The molecule has 2 heterocycles. The Balaban J connectivity index is 1.79. The minimum absolute atomic E-state index is 0.712. The van der Waals surface area contributed by atoms with Crippen LogP contribution in [0.15, 0.2) is 22.7 Å². The molecule has 1 unspecified atom stereocenters. The minimum atomic E-state index is 0.712. The molecule has 1 N–H and O–H groups in total. The molecule has 0 bridgehead atoms. The number of rotatable bonds is 2. The van der Waals surface area contributed by atoms with Crippen molar-refractivity contribution in [2.24, 2.45) is 0 Å². The van der Waals surface area contributed by atoms with Gasteiger partial charge in [0.05, 0.1) is 0 Å². The van der Waals surface area contributed by atoms with Crippen molar-refractivity contribution in [3.8, 4) is 0 Å². The van der Waals surface area contributed by atoms with Crippen LogP contribution in [0.3, 0.4) is 0 Å². The Hall–Kier alpha value is -0.380. The zero-order chi connectivity index (χ0) is 11.8. The van der Waals surface area contributed by atoms with E-state index < -0.39 is 0 Å². The predicted octanol–water partition coefficient (Wildman–Crippen LogP) is 2.56. The van der Waals surface area contributed by atoms with Gasteiger partial charge in [-0.05, 0) is 43.1 Å². The van der Waals surface area contributed by atoms with Crippen molar-refractivity contribution in [1.29, 1.82) is 0 Å². The Morgan fingerprint density at radius 2 is 2.12 bits per heavy atom. The summed E-state index contributed by atoms with van der Waals surface area (Å²) in [4.78, 5) is 2.37. The summed E-state index contributed by atoms with van der Waals surface area (Å²) in [5, 5.41) is 3.43. The predicted molar refractivity (Wildman–Crippen MR) is 74.6 cm³/mol. The molecule has 0 amide bonds. The van der Waals surface area contributed by atoms with Crippen molar-refractivity contribution in [2.45, 2.75) is 18.3 Å². The lowest BCUT2D eigenvalue weighted by atomic mass is 9.89. The number of benzene rings is 1. The van der Waals surface area contributed by atoms with Crippen LogP contribution in [-0.4, -0.2) is 38.1 Å². The lowest BCUT2D eigenvalue weighted by molar-refractivity contribution is 0.189. The largest absolute Gasteiger partial charge is 0.316 e. The van der Waals surface area contributed by atoms with E-state index in [1.807, 2.05) is 0 Å². The highest BCUT2D eigenvalue weighted by Gasteiger charge is 2.27. The minimum Gasteiger partial charge on any atom is -0.316 e. The Kier molecular flexibility index (Phi) is 3.24. The molecule has 2 saturated heterocycles. The van der Waals surface area contributed by atoms with E-state index in [2.05, 4.69) is 51.4 Å². The summed E-state index contributed by atoms with van der Waals surface area (Å²) in [5.74, 6) is 1.44. The maximum atomic E-state index is 3.75. The molecule has 2 fully saturated rings. The van der Waals surface area contributed by atoms with Crippen LogP contribution in [0, 0.1) is 0 Å². The van der Waals surface area contributed by atoms with Crippen molar-refractivity contribution in [1.82, 2.24) is 10.2 Å². The average molecular weight is 295 g/mol. The lowest BCUT2D eigenvalue weighted by Gasteiger charge is -2.37. The molecule has 2 aliphatic heterocycles. The molecule has 2 aliphatic rings. The van der Waals surface area contributed by atoms with Crippen LogP contribution in [-0.2, 0) is 0 Å². The van der Waals surface area contributed by atoms with Gasteiger partial charge in [0.15, 0.2) is 0 Å². The summed E-state index contributed by atoms with van der Waals surface area (Å²) >= 11 is 3.75.